The Morgan fingerprint density at radius 1 is 1.33 bits per heavy atom. The lowest BCUT2D eigenvalue weighted by molar-refractivity contribution is -0.274. The van der Waals surface area contributed by atoms with Crippen molar-refractivity contribution in [1.29, 1.82) is 0 Å². The Labute approximate surface area is 81.4 Å². The van der Waals surface area contributed by atoms with Crippen molar-refractivity contribution in [2.24, 2.45) is 0 Å². The van der Waals surface area contributed by atoms with Crippen LogP contribution in [-0.4, -0.2) is 11.5 Å². The number of alkyl halides is 3. The second-order valence-corrected chi connectivity index (χ2v) is 2.77. The molecule has 0 amide bonds. The molecular formula is C8H5F3N2O2. The first-order valence-electron chi connectivity index (χ1n) is 3.86. The number of aromatic nitrogens is 1. The van der Waals surface area contributed by atoms with Gasteiger partial charge in [-0.05, 0) is 18.2 Å². The molecule has 0 bridgehead atoms. The van der Waals surface area contributed by atoms with Crippen LogP contribution in [0, 0.1) is 0 Å². The van der Waals surface area contributed by atoms with E-state index >= 15 is 0 Å². The van der Waals surface area contributed by atoms with Crippen LogP contribution in [0.2, 0.25) is 0 Å². The molecule has 0 radical (unpaired) electrons. The maximum absolute atomic E-state index is 11.9. The lowest BCUT2D eigenvalue weighted by Gasteiger charge is -2.07. The monoisotopic (exact) mass is 218 g/mol. The zero-order valence-corrected chi connectivity index (χ0v) is 7.21. The zero-order chi connectivity index (χ0) is 11.1. The average molecular weight is 218 g/mol. The highest BCUT2D eigenvalue weighted by molar-refractivity contribution is 5.87. The van der Waals surface area contributed by atoms with E-state index in [-0.39, 0.29) is 17.0 Å². The Hall–Kier alpha value is -1.92. The molecule has 7 heteroatoms. The first kappa shape index (κ1) is 9.63. The first-order chi connectivity index (χ1) is 6.96. The summed E-state index contributed by atoms with van der Waals surface area (Å²) < 4.78 is 44.1. The molecule has 0 aliphatic rings. The molecule has 0 saturated heterocycles. The Kier molecular flexibility index (Phi) is 1.95. The largest absolute Gasteiger partial charge is 0.573 e. The molecular weight excluding hydrogens is 213 g/mol. The second kappa shape index (κ2) is 3.04. The van der Waals surface area contributed by atoms with E-state index in [1.807, 2.05) is 0 Å². The lowest BCUT2D eigenvalue weighted by atomic mass is 10.2. The van der Waals surface area contributed by atoms with Gasteiger partial charge in [0.15, 0.2) is 11.4 Å². The summed E-state index contributed by atoms with van der Waals surface area (Å²) in [5, 5.41) is 3.69. The molecule has 0 spiro atoms. The van der Waals surface area contributed by atoms with Gasteiger partial charge < -0.3 is 15.0 Å². The Bertz CT molecular complexity index is 492. The van der Waals surface area contributed by atoms with Crippen molar-refractivity contribution in [2.75, 3.05) is 5.73 Å². The molecule has 0 saturated carbocycles. The maximum atomic E-state index is 11.9. The normalized spacial score (nSPS) is 11.9. The number of fused-ring (bicyclic) bond motifs is 1. The van der Waals surface area contributed by atoms with Crippen molar-refractivity contribution >= 4 is 16.8 Å². The molecule has 2 rings (SSSR count). The molecule has 1 heterocycles. The van der Waals surface area contributed by atoms with Gasteiger partial charge in [-0.3, -0.25) is 0 Å². The predicted octanol–water partition coefficient (Wildman–Crippen LogP) is 2.31. The minimum Gasteiger partial charge on any atom is -0.406 e. The van der Waals surface area contributed by atoms with Gasteiger partial charge in [0, 0.05) is 0 Å². The molecule has 2 aromatic rings. The van der Waals surface area contributed by atoms with Crippen molar-refractivity contribution < 1.29 is 22.4 Å². The van der Waals surface area contributed by atoms with Crippen molar-refractivity contribution in [3.05, 3.63) is 18.2 Å². The molecule has 0 aliphatic carbocycles. The van der Waals surface area contributed by atoms with E-state index < -0.39 is 6.36 Å². The fraction of sp³-hybridized carbons (Fsp3) is 0.125. The number of anilines is 1. The van der Waals surface area contributed by atoms with Crippen LogP contribution in [0.4, 0.5) is 19.0 Å². The molecule has 0 atom stereocenters. The van der Waals surface area contributed by atoms with Crippen LogP contribution in [0.15, 0.2) is 22.7 Å². The summed E-state index contributed by atoms with van der Waals surface area (Å²) in [5.74, 6) is -0.331. The smallest absolute Gasteiger partial charge is 0.406 e. The Balaban J connectivity index is 2.42. The molecule has 80 valence electrons. The van der Waals surface area contributed by atoms with Gasteiger partial charge in [0.1, 0.15) is 5.75 Å². The van der Waals surface area contributed by atoms with Crippen molar-refractivity contribution in [3.63, 3.8) is 0 Å². The summed E-state index contributed by atoms with van der Waals surface area (Å²) in [6.45, 7) is 0. The van der Waals surface area contributed by atoms with Crippen LogP contribution < -0.4 is 10.5 Å². The minimum absolute atomic E-state index is 0.0256. The fourth-order valence-corrected chi connectivity index (χ4v) is 1.13. The third-order valence-corrected chi connectivity index (χ3v) is 1.70. The van der Waals surface area contributed by atoms with Crippen molar-refractivity contribution in [1.82, 2.24) is 5.16 Å². The number of hydrogen-bond acceptors (Lipinski definition) is 4. The van der Waals surface area contributed by atoms with E-state index in [2.05, 4.69) is 9.89 Å². The number of benzene rings is 1. The summed E-state index contributed by atoms with van der Waals surface area (Å²) in [6.07, 6.45) is -4.72. The Morgan fingerprint density at radius 2 is 2.07 bits per heavy atom. The summed E-state index contributed by atoms with van der Waals surface area (Å²) in [6, 6.07) is 3.55. The van der Waals surface area contributed by atoms with E-state index in [0.717, 1.165) is 12.1 Å². The number of halogens is 3. The quantitative estimate of drug-likeness (QED) is 0.797. The Morgan fingerprint density at radius 3 is 2.73 bits per heavy atom. The summed E-state index contributed by atoms with van der Waals surface area (Å²) in [5.41, 5.74) is 5.67. The molecule has 0 aliphatic heterocycles. The average Bonchev–Trinajstić information content (AvgIpc) is 2.45. The van der Waals surface area contributed by atoms with E-state index in [9.17, 15) is 13.2 Å². The van der Waals surface area contributed by atoms with E-state index in [1.165, 1.54) is 6.07 Å². The second-order valence-electron chi connectivity index (χ2n) is 2.77. The number of ether oxygens (including phenoxy) is 1. The first-order valence-corrected chi connectivity index (χ1v) is 3.86. The van der Waals surface area contributed by atoms with E-state index in [1.54, 1.807) is 0 Å². The van der Waals surface area contributed by atoms with Gasteiger partial charge in [-0.25, -0.2) is 0 Å². The highest BCUT2D eigenvalue weighted by Crippen LogP contribution is 2.28. The van der Waals surface area contributed by atoms with Crippen LogP contribution in [0.1, 0.15) is 0 Å². The number of rotatable bonds is 1. The molecule has 2 N–H and O–H groups in total. The van der Waals surface area contributed by atoms with Gasteiger partial charge in [0.2, 0.25) is 0 Å². The lowest BCUT2D eigenvalue weighted by Crippen LogP contribution is -2.16. The third kappa shape index (κ3) is 1.95. The third-order valence-electron chi connectivity index (χ3n) is 1.70. The number of hydrogen-bond donors (Lipinski definition) is 1. The maximum Gasteiger partial charge on any atom is 0.573 e. The van der Waals surface area contributed by atoms with E-state index in [0.29, 0.717) is 5.58 Å². The molecule has 4 nitrogen and oxygen atoms in total. The number of nitrogens with two attached hydrogens (primary N) is 1. The topological polar surface area (TPSA) is 61.3 Å². The van der Waals surface area contributed by atoms with Crippen LogP contribution >= 0.6 is 0 Å². The highest BCUT2D eigenvalue weighted by Gasteiger charge is 2.31. The van der Waals surface area contributed by atoms with Crippen molar-refractivity contribution in [3.8, 4) is 5.75 Å². The molecule has 1 aromatic heterocycles. The standard InChI is InChI=1S/C8H5F3N2O2/c9-8(10,11)14-4-1-2-6-5(3-4)7(12)13-15-6/h1-3H,(H2,12,13). The van der Waals surface area contributed by atoms with Gasteiger partial charge in [0.05, 0.1) is 5.39 Å². The highest BCUT2D eigenvalue weighted by atomic mass is 19.4. The molecule has 1 aromatic carbocycles. The van der Waals surface area contributed by atoms with Crippen LogP contribution in [0.25, 0.3) is 11.0 Å². The van der Waals surface area contributed by atoms with Gasteiger partial charge in [-0.2, -0.15) is 0 Å². The fourth-order valence-electron chi connectivity index (χ4n) is 1.13. The van der Waals surface area contributed by atoms with Crippen LogP contribution in [-0.2, 0) is 0 Å². The van der Waals surface area contributed by atoms with Crippen LogP contribution in [0.3, 0.4) is 0 Å². The molecule has 0 fully saturated rings. The van der Waals surface area contributed by atoms with E-state index in [4.69, 9.17) is 10.3 Å². The molecule has 0 unspecified atom stereocenters. The number of nitrogens with zero attached hydrogens (tertiary/aromatic N) is 1. The molecule has 15 heavy (non-hydrogen) atoms. The summed E-state index contributed by atoms with van der Waals surface area (Å²) >= 11 is 0. The van der Waals surface area contributed by atoms with Gasteiger partial charge >= 0.3 is 6.36 Å². The minimum atomic E-state index is -4.72. The van der Waals surface area contributed by atoms with Crippen LogP contribution in [0.5, 0.6) is 5.75 Å². The predicted molar refractivity (Wildman–Crippen MR) is 45.1 cm³/mol. The van der Waals surface area contributed by atoms with Gasteiger partial charge in [0.25, 0.3) is 0 Å². The zero-order valence-electron chi connectivity index (χ0n) is 7.21. The van der Waals surface area contributed by atoms with Crippen molar-refractivity contribution in [2.45, 2.75) is 6.36 Å². The van der Waals surface area contributed by atoms with Gasteiger partial charge in [-0.15, -0.1) is 13.2 Å². The van der Waals surface area contributed by atoms with Gasteiger partial charge in [-0.1, -0.05) is 5.16 Å². The number of nitrogen functional groups attached to an aromatic ring is 1. The summed E-state index contributed by atoms with van der Waals surface area (Å²) in [4.78, 5) is 0. The summed E-state index contributed by atoms with van der Waals surface area (Å²) in [7, 11) is 0. The SMILES string of the molecule is Nc1noc2ccc(OC(F)(F)F)cc12.